The van der Waals surface area contributed by atoms with Crippen molar-refractivity contribution < 1.29 is 9.32 Å². The van der Waals surface area contributed by atoms with E-state index in [0.717, 1.165) is 5.56 Å². The number of carbonyl (C=O) groups excluding carboxylic acids is 1. The molecule has 2 heterocycles. The van der Waals surface area contributed by atoms with Crippen LogP contribution in [0.25, 0.3) is 0 Å². The van der Waals surface area contributed by atoms with Crippen LogP contribution >= 0.6 is 0 Å². The van der Waals surface area contributed by atoms with Gasteiger partial charge in [0.05, 0.1) is 5.69 Å². The van der Waals surface area contributed by atoms with Crippen LogP contribution in [0.4, 0.5) is 0 Å². The summed E-state index contributed by atoms with van der Waals surface area (Å²) in [4.78, 5) is 24.2. The lowest BCUT2D eigenvalue weighted by molar-refractivity contribution is 0.100. The molecule has 0 bridgehead atoms. The molecule has 2 aromatic rings. The van der Waals surface area contributed by atoms with Gasteiger partial charge in [0.2, 0.25) is 0 Å². The second-order valence-corrected chi connectivity index (χ2v) is 4.70. The molecule has 1 N–H and O–H groups in total. The molecule has 1 amide bonds. The van der Waals surface area contributed by atoms with Crippen molar-refractivity contribution in [3.05, 3.63) is 50.8 Å². The number of hydrogen-bond acceptors (Lipinski definition) is 4. The first kappa shape index (κ1) is 14.0. The average Bonchev–Trinajstić information content (AvgIpc) is 2.74. The molecule has 0 saturated carbocycles. The van der Waals surface area contributed by atoms with E-state index in [1.807, 2.05) is 19.9 Å². The van der Waals surface area contributed by atoms with E-state index in [2.05, 4.69) is 10.6 Å². The van der Waals surface area contributed by atoms with Gasteiger partial charge in [-0.15, -0.1) is 0 Å². The van der Waals surface area contributed by atoms with Gasteiger partial charge in [0.15, 0.2) is 0 Å². The first-order valence-corrected chi connectivity index (χ1v) is 6.40. The van der Waals surface area contributed by atoms with E-state index in [1.165, 1.54) is 10.7 Å². The summed E-state index contributed by atoms with van der Waals surface area (Å²) in [6.45, 7) is 7.15. The second-order valence-electron chi connectivity index (χ2n) is 4.70. The molecule has 0 saturated heterocycles. The Morgan fingerprint density at radius 3 is 2.65 bits per heavy atom. The van der Waals surface area contributed by atoms with E-state index < -0.39 is 5.91 Å². The summed E-state index contributed by atoms with van der Waals surface area (Å²) in [6.07, 6.45) is 0.585. The van der Waals surface area contributed by atoms with Crippen molar-refractivity contribution in [1.29, 1.82) is 0 Å². The Morgan fingerprint density at radius 2 is 2.05 bits per heavy atom. The van der Waals surface area contributed by atoms with E-state index in [4.69, 9.17) is 4.52 Å². The lowest BCUT2D eigenvalue weighted by Gasteiger charge is -2.11. The van der Waals surface area contributed by atoms with Gasteiger partial charge in [0.25, 0.3) is 11.5 Å². The summed E-state index contributed by atoms with van der Waals surface area (Å²) in [5, 5.41) is 3.83. The highest BCUT2D eigenvalue weighted by Crippen LogP contribution is 2.14. The molecular formula is C14H17N3O3. The summed E-state index contributed by atoms with van der Waals surface area (Å²) in [5.41, 5.74) is 4.80. The van der Waals surface area contributed by atoms with Crippen molar-refractivity contribution in [2.24, 2.45) is 0 Å². The van der Waals surface area contributed by atoms with Crippen LogP contribution in [0.3, 0.4) is 0 Å². The second kappa shape index (κ2) is 5.32. The molecule has 0 unspecified atom stereocenters. The summed E-state index contributed by atoms with van der Waals surface area (Å²) >= 11 is 0. The van der Waals surface area contributed by atoms with Gasteiger partial charge in [0.1, 0.15) is 11.3 Å². The molecule has 0 aliphatic carbocycles. The van der Waals surface area contributed by atoms with Crippen LogP contribution in [-0.4, -0.2) is 15.7 Å². The van der Waals surface area contributed by atoms with Crippen LogP contribution in [0, 0.1) is 20.8 Å². The summed E-state index contributed by atoms with van der Waals surface area (Å²) < 4.78 is 6.25. The average molecular weight is 275 g/mol. The molecule has 0 aliphatic rings. The quantitative estimate of drug-likeness (QED) is 0.925. The van der Waals surface area contributed by atoms with Crippen molar-refractivity contribution in [3.63, 3.8) is 0 Å². The van der Waals surface area contributed by atoms with E-state index >= 15 is 0 Å². The third kappa shape index (κ3) is 2.49. The predicted molar refractivity (Wildman–Crippen MR) is 74.5 cm³/mol. The normalized spacial score (nSPS) is 10.6. The number of aromatic nitrogens is 2. The molecule has 2 aromatic heterocycles. The van der Waals surface area contributed by atoms with Crippen LogP contribution in [-0.2, 0) is 6.42 Å². The maximum Gasteiger partial charge on any atom is 0.275 e. The molecule has 0 fully saturated rings. The topological polar surface area (TPSA) is 77.1 Å². The SMILES string of the molecule is CCc1noc(C)c1C(=O)Nn1c(C)cc(C)cc1=O. The zero-order valence-electron chi connectivity index (χ0n) is 12.0. The van der Waals surface area contributed by atoms with Crippen molar-refractivity contribution in [1.82, 2.24) is 9.83 Å². The third-order valence-electron chi connectivity index (χ3n) is 3.07. The van der Waals surface area contributed by atoms with Gasteiger partial charge in [-0.3, -0.25) is 15.0 Å². The molecule has 20 heavy (non-hydrogen) atoms. The number of rotatable bonds is 3. The van der Waals surface area contributed by atoms with Gasteiger partial charge < -0.3 is 4.52 Å². The number of nitrogens with one attached hydrogen (secondary N) is 1. The van der Waals surface area contributed by atoms with Gasteiger partial charge in [-0.2, -0.15) is 0 Å². The molecule has 0 atom stereocenters. The molecule has 0 aliphatic heterocycles. The number of aryl methyl sites for hydroxylation is 4. The Bertz CT molecular complexity index is 713. The fourth-order valence-corrected chi connectivity index (χ4v) is 2.12. The van der Waals surface area contributed by atoms with Crippen LogP contribution in [0.2, 0.25) is 0 Å². The van der Waals surface area contributed by atoms with Gasteiger partial charge in [-0.25, -0.2) is 4.68 Å². The summed E-state index contributed by atoms with van der Waals surface area (Å²) in [7, 11) is 0. The first-order valence-electron chi connectivity index (χ1n) is 6.40. The van der Waals surface area contributed by atoms with Crippen LogP contribution in [0.5, 0.6) is 0 Å². The molecule has 106 valence electrons. The molecule has 6 heteroatoms. The van der Waals surface area contributed by atoms with Crippen LogP contribution < -0.4 is 11.0 Å². The van der Waals surface area contributed by atoms with Crippen molar-refractivity contribution in [3.8, 4) is 0 Å². The molecule has 0 aromatic carbocycles. The maximum atomic E-state index is 12.3. The Morgan fingerprint density at radius 1 is 1.35 bits per heavy atom. The standard InChI is InChI=1S/C14H17N3O3/c1-5-11-13(10(4)20-16-11)14(19)15-17-9(3)6-8(2)7-12(17)18/h6-7H,5H2,1-4H3,(H,15,19). The number of amides is 1. The summed E-state index contributed by atoms with van der Waals surface area (Å²) in [5.74, 6) is 0.0480. The Kier molecular flexibility index (Phi) is 3.74. The van der Waals surface area contributed by atoms with E-state index in [0.29, 0.717) is 29.1 Å². The van der Waals surface area contributed by atoms with Crippen molar-refractivity contribution >= 4 is 5.91 Å². The minimum Gasteiger partial charge on any atom is -0.361 e. The fraction of sp³-hybridized carbons (Fsp3) is 0.357. The van der Waals surface area contributed by atoms with Crippen molar-refractivity contribution in [2.75, 3.05) is 5.43 Å². The zero-order chi connectivity index (χ0) is 14.9. The minimum absolute atomic E-state index is 0.275. The number of hydrogen-bond donors (Lipinski definition) is 1. The molecule has 6 nitrogen and oxygen atoms in total. The van der Waals surface area contributed by atoms with Crippen LogP contribution in [0.15, 0.2) is 21.5 Å². The zero-order valence-corrected chi connectivity index (χ0v) is 12.0. The number of carbonyl (C=O) groups is 1. The predicted octanol–water partition coefficient (Wildman–Crippen LogP) is 1.71. The smallest absolute Gasteiger partial charge is 0.275 e. The van der Waals surface area contributed by atoms with Gasteiger partial charge in [0, 0.05) is 11.8 Å². The van der Waals surface area contributed by atoms with E-state index in [1.54, 1.807) is 13.8 Å². The van der Waals surface area contributed by atoms with E-state index in [9.17, 15) is 9.59 Å². The molecule has 0 radical (unpaired) electrons. The number of pyridine rings is 1. The van der Waals surface area contributed by atoms with Gasteiger partial charge in [-0.1, -0.05) is 12.1 Å². The molecule has 0 spiro atoms. The van der Waals surface area contributed by atoms with Crippen LogP contribution in [0.1, 0.15) is 40.0 Å². The fourth-order valence-electron chi connectivity index (χ4n) is 2.12. The third-order valence-corrected chi connectivity index (χ3v) is 3.07. The van der Waals surface area contributed by atoms with Gasteiger partial charge in [-0.05, 0) is 38.8 Å². The lowest BCUT2D eigenvalue weighted by Crippen LogP contribution is -2.34. The largest absolute Gasteiger partial charge is 0.361 e. The highest BCUT2D eigenvalue weighted by atomic mass is 16.5. The van der Waals surface area contributed by atoms with Crippen molar-refractivity contribution in [2.45, 2.75) is 34.1 Å². The highest BCUT2D eigenvalue weighted by Gasteiger charge is 2.20. The molecular weight excluding hydrogens is 258 g/mol. The molecule has 2 rings (SSSR count). The minimum atomic E-state index is -0.394. The van der Waals surface area contributed by atoms with Gasteiger partial charge >= 0.3 is 0 Å². The maximum absolute atomic E-state index is 12.3. The monoisotopic (exact) mass is 275 g/mol. The summed E-state index contributed by atoms with van der Waals surface area (Å²) in [6, 6.07) is 3.29. The highest BCUT2D eigenvalue weighted by molar-refractivity contribution is 6.01. The Balaban J connectivity index is 2.38. The van der Waals surface area contributed by atoms with E-state index in [-0.39, 0.29) is 5.56 Å². The lowest BCUT2D eigenvalue weighted by atomic mass is 10.1. The Hall–Kier alpha value is -2.37. The first-order chi connectivity index (χ1) is 9.43. The number of nitrogens with zero attached hydrogens (tertiary/aromatic N) is 2. The Labute approximate surface area is 116 Å².